The van der Waals surface area contributed by atoms with E-state index in [9.17, 15) is 4.79 Å². The van der Waals surface area contributed by atoms with Crippen molar-refractivity contribution in [2.24, 2.45) is 0 Å². The van der Waals surface area contributed by atoms with Crippen molar-refractivity contribution >= 4 is 23.5 Å². The van der Waals surface area contributed by atoms with Crippen LogP contribution in [0.25, 0.3) is 6.08 Å². The number of furan rings is 1. The van der Waals surface area contributed by atoms with Gasteiger partial charge in [-0.1, -0.05) is 11.6 Å². The second-order valence-electron chi connectivity index (χ2n) is 5.44. The maximum absolute atomic E-state index is 12.0. The summed E-state index contributed by atoms with van der Waals surface area (Å²) >= 11 is 5.99. The van der Waals surface area contributed by atoms with Crippen LogP contribution in [0, 0.1) is 6.92 Å². The molecule has 0 atom stereocenters. The summed E-state index contributed by atoms with van der Waals surface area (Å²) in [5.74, 6) is 1.85. The van der Waals surface area contributed by atoms with Gasteiger partial charge in [-0.2, -0.15) is 0 Å². The average molecular weight is 354 g/mol. The van der Waals surface area contributed by atoms with Crippen LogP contribution in [-0.4, -0.2) is 10.8 Å². The number of benzene rings is 1. The van der Waals surface area contributed by atoms with Crippen LogP contribution in [0.15, 0.2) is 65.4 Å². The van der Waals surface area contributed by atoms with Crippen LogP contribution in [0.3, 0.4) is 0 Å². The Morgan fingerprint density at radius 3 is 2.92 bits per heavy atom. The molecule has 3 rings (SSSR count). The molecule has 0 N–H and O–H groups in total. The summed E-state index contributed by atoms with van der Waals surface area (Å²) in [7, 11) is 0. The molecule has 0 bridgehead atoms. The molecule has 0 unspecified atom stereocenters. The molecule has 0 saturated carbocycles. The molecule has 25 heavy (non-hydrogen) atoms. The van der Waals surface area contributed by atoms with Gasteiger partial charge in [0.05, 0.1) is 0 Å². The van der Waals surface area contributed by atoms with E-state index >= 15 is 0 Å². The van der Waals surface area contributed by atoms with Crippen molar-refractivity contribution < 1.29 is 13.9 Å². The van der Waals surface area contributed by atoms with Crippen LogP contribution in [-0.2, 0) is 6.61 Å². The summed E-state index contributed by atoms with van der Waals surface area (Å²) in [4.78, 5) is 15.9. The highest BCUT2D eigenvalue weighted by molar-refractivity contribution is 6.31. The van der Waals surface area contributed by atoms with Crippen LogP contribution >= 0.6 is 11.6 Å². The molecule has 0 aliphatic rings. The van der Waals surface area contributed by atoms with Gasteiger partial charge in [0.1, 0.15) is 23.9 Å². The Morgan fingerprint density at radius 2 is 2.16 bits per heavy atom. The number of aromatic nitrogens is 1. The van der Waals surface area contributed by atoms with Gasteiger partial charge in [0.15, 0.2) is 5.78 Å². The van der Waals surface area contributed by atoms with Gasteiger partial charge >= 0.3 is 0 Å². The summed E-state index contributed by atoms with van der Waals surface area (Å²) in [5, 5.41) is 0.705. The lowest BCUT2D eigenvalue weighted by molar-refractivity contribution is 0.104. The molecule has 2 heterocycles. The van der Waals surface area contributed by atoms with E-state index in [2.05, 4.69) is 4.98 Å². The van der Waals surface area contributed by atoms with E-state index in [1.165, 1.54) is 12.3 Å². The summed E-state index contributed by atoms with van der Waals surface area (Å²) in [6.45, 7) is 2.22. The second-order valence-corrected chi connectivity index (χ2v) is 5.85. The molecule has 4 nitrogen and oxygen atoms in total. The van der Waals surface area contributed by atoms with Crippen molar-refractivity contribution in [2.75, 3.05) is 0 Å². The predicted molar refractivity (Wildman–Crippen MR) is 96.8 cm³/mol. The van der Waals surface area contributed by atoms with Crippen LogP contribution in [0.4, 0.5) is 0 Å². The SMILES string of the molecule is Cc1cc(OCc2ccc(/C=C/C(=O)c3cccnc3)o2)ccc1Cl. The van der Waals surface area contributed by atoms with E-state index < -0.39 is 0 Å². The first-order chi connectivity index (χ1) is 12.1. The zero-order chi connectivity index (χ0) is 17.6. The fourth-order valence-electron chi connectivity index (χ4n) is 2.19. The number of carbonyl (C=O) groups excluding carboxylic acids is 1. The minimum atomic E-state index is -0.126. The van der Waals surface area contributed by atoms with E-state index in [4.69, 9.17) is 20.8 Å². The summed E-state index contributed by atoms with van der Waals surface area (Å²) in [6, 6.07) is 12.5. The summed E-state index contributed by atoms with van der Waals surface area (Å²) in [5.41, 5.74) is 1.49. The van der Waals surface area contributed by atoms with Gasteiger partial charge < -0.3 is 9.15 Å². The first-order valence-corrected chi connectivity index (χ1v) is 8.10. The first-order valence-electron chi connectivity index (χ1n) is 7.72. The maximum Gasteiger partial charge on any atom is 0.187 e. The van der Waals surface area contributed by atoms with Crippen molar-refractivity contribution in [3.8, 4) is 5.75 Å². The van der Waals surface area contributed by atoms with E-state index in [0.717, 1.165) is 11.3 Å². The number of nitrogens with zero attached hydrogens (tertiary/aromatic N) is 1. The Balaban J connectivity index is 1.59. The Bertz CT molecular complexity index is 900. The highest BCUT2D eigenvalue weighted by Gasteiger charge is 2.04. The largest absolute Gasteiger partial charge is 0.486 e. The number of hydrogen-bond donors (Lipinski definition) is 0. The van der Waals surface area contributed by atoms with Gasteiger partial charge in [-0.25, -0.2) is 0 Å². The van der Waals surface area contributed by atoms with Crippen molar-refractivity contribution in [1.82, 2.24) is 4.98 Å². The third-order valence-corrected chi connectivity index (χ3v) is 3.96. The molecule has 0 aliphatic carbocycles. The number of hydrogen-bond acceptors (Lipinski definition) is 4. The van der Waals surface area contributed by atoms with E-state index in [1.54, 1.807) is 36.5 Å². The Kier molecular flexibility index (Phi) is 5.31. The smallest absolute Gasteiger partial charge is 0.187 e. The molecule has 0 amide bonds. The first kappa shape index (κ1) is 17.0. The number of ether oxygens (including phenoxy) is 1. The molecule has 0 spiro atoms. The quantitative estimate of drug-likeness (QED) is 0.456. The minimum absolute atomic E-state index is 0.126. The molecule has 0 radical (unpaired) electrons. The van der Waals surface area contributed by atoms with Gasteiger partial charge in [-0.3, -0.25) is 9.78 Å². The molecule has 5 heteroatoms. The third kappa shape index (κ3) is 4.58. The number of ketones is 1. The van der Waals surface area contributed by atoms with Gasteiger partial charge in [-0.15, -0.1) is 0 Å². The fourth-order valence-corrected chi connectivity index (χ4v) is 2.30. The number of allylic oxidation sites excluding steroid dienone is 1. The topological polar surface area (TPSA) is 52.3 Å². The van der Waals surface area contributed by atoms with Crippen molar-refractivity contribution in [3.05, 3.63) is 88.6 Å². The number of rotatable bonds is 6. The summed E-state index contributed by atoms with van der Waals surface area (Å²) < 4.78 is 11.3. The number of aryl methyl sites for hydroxylation is 1. The second kappa shape index (κ2) is 7.81. The highest BCUT2D eigenvalue weighted by Crippen LogP contribution is 2.22. The average Bonchev–Trinajstić information content (AvgIpc) is 3.09. The maximum atomic E-state index is 12.0. The van der Waals surface area contributed by atoms with E-state index in [0.29, 0.717) is 28.7 Å². The Labute approximate surface area is 150 Å². The van der Waals surface area contributed by atoms with Crippen molar-refractivity contribution in [1.29, 1.82) is 0 Å². The summed E-state index contributed by atoms with van der Waals surface area (Å²) in [6.07, 6.45) is 6.25. The van der Waals surface area contributed by atoms with Gasteiger partial charge in [0.2, 0.25) is 0 Å². The van der Waals surface area contributed by atoms with Crippen LogP contribution in [0.1, 0.15) is 27.4 Å². The molecule has 126 valence electrons. The molecule has 0 fully saturated rings. The third-order valence-electron chi connectivity index (χ3n) is 3.54. The van der Waals surface area contributed by atoms with Crippen molar-refractivity contribution in [3.63, 3.8) is 0 Å². The molecule has 0 saturated heterocycles. The van der Waals surface area contributed by atoms with E-state index in [1.807, 2.05) is 25.1 Å². The molecule has 1 aromatic carbocycles. The number of halogens is 1. The van der Waals surface area contributed by atoms with Gasteiger partial charge in [-0.05, 0) is 67.1 Å². The van der Waals surface area contributed by atoms with Gasteiger partial charge in [0, 0.05) is 23.0 Å². The minimum Gasteiger partial charge on any atom is -0.486 e. The number of carbonyl (C=O) groups is 1. The van der Waals surface area contributed by atoms with Crippen LogP contribution in [0.5, 0.6) is 5.75 Å². The Hall–Kier alpha value is -2.85. The highest BCUT2D eigenvalue weighted by atomic mass is 35.5. The standard InChI is InChI=1S/C20H16ClNO3/c1-14-11-17(6-8-19(14)21)24-13-18-5-4-16(25-18)7-9-20(23)15-3-2-10-22-12-15/h2-12H,13H2,1H3/b9-7+. The van der Waals surface area contributed by atoms with Crippen LogP contribution < -0.4 is 4.74 Å². The Morgan fingerprint density at radius 1 is 1.28 bits per heavy atom. The molecule has 3 aromatic rings. The van der Waals surface area contributed by atoms with Gasteiger partial charge in [0.25, 0.3) is 0 Å². The normalized spacial score (nSPS) is 11.0. The van der Waals surface area contributed by atoms with E-state index in [-0.39, 0.29) is 5.78 Å². The lowest BCUT2D eigenvalue weighted by Crippen LogP contribution is -1.94. The zero-order valence-electron chi connectivity index (χ0n) is 13.6. The van der Waals surface area contributed by atoms with Crippen molar-refractivity contribution in [2.45, 2.75) is 13.5 Å². The monoisotopic (exact) mass is 353 g/mol. The lowest BCUT2D eigenvalue weighted by Gasteiger charge is -2.05. The van der Waals surface area contributed by atoms with Crippen LogP contribution in [0.2, 0.25) is 5.02 Å². The lowest BCUT2D eigenvalue weighted by atomic mass is 10.2. The zero-order valence-corrected chi connectivity index (χ0v) is 14.4. The molecular formula is C20H16ClNO3. The molecular weight excluding hydrogens is 338 g/mol. The molecule has 2 aromatic heterocycles. The fraction of sp³-hybridized carbons (Fsp3) is 0.100. The number of pyridine rings is 1. The molecule has 0 aliphatic heterocycles. The predicted octanol–water partition coefficient (Wildman–Crippen LogP) is 5.11.